The molecule has 0 bridgehead atoms. The average molecular weight is 329 g/mol. The van der Waals surface area contributed by atoms with Gasteiger partial charge in [0.1, 0.15) is 10.7 Å². The molecule has 0 amide bonds. The van der Waals surface area contributed by atoms with Gasteiger partial charge in [-0.05, 0) is 18.2 Å². The summed E-state index contributed by atoms with van der Waals surface area (Å²) in [5, 5.41) is 0.126. The fourth-order valence-electron chi connectivity index (χ4n) is 0.944. The van der Waals surface area contributed by atoms with Gasteiger partial charge in [-0.15, -0.1) is 0 Å². The predicted octanol–water partition coefficient (Wildman–Crippen LogP) is 2.62. The van der Waals surface area contributed by atoms with Gasteiger partial charge in [0.05, 0.1) is 0 Å². The maximum atomic E-state index is 13.4. The van der Waals surface area contributed by atoms with Crippen molar-refractivity contribution < 1.29 is 12.8 Å². The SMILES string of the molecule is C=C(Cl)CNS(=O)(=O)c1ccc(Br)cc1F. The molecule has 0 spiro atoms. The molecule has 88 valence electrons. The molecule has 0 fully saturated rings. The topological polar surface area (TPSA) is 46.2 Å². The maximum Gasteiger partial charge on any atom is 0.243 e. The third-order valence-electron chi connectivity index (χ3n) is 1.64. The van der Waals surface area contributed by atoms with Crippen LogP contribution in [0.2, 0.25) is 0 Å². The molecule has 0 saturated carbocycles. The minimum atomic E-state index is -3.89. The minimum absolute atomic E-state index is 0.126. The quantitative estimate of drug-likeness (QED) is 0.923. The molecule has 16 heavy (non-hydrogen) atoms. The third kappa shape index (κ3) is 3.55. The van der Waals surface area contributed by atoms with E-state index in [1.807, 2.05) is 0 Å². The Bertz CT molecular complexity index is 518. The van der Waals surface area contributed by atoms with Crippen LogP contribution in [-0.4, -0.2) is 15.0 Å². The first-order chi connectivity index (χ1) is 7.33. The maximum absolute atomic E-state index is 13.4. The van der Waals surface area contributed by atoms with Crippen molar-refractivity contribution in [3.63, 3.8) is 0 Å². The van der Waals surface area contributed by atoms with Gasteiger partial charge >= 0.3 is 0 Å². The van der Waals surface area contributed by atoms with Crippen molar-refractivity contribution in [3.8, 4) is 0 Å². The first-order valence-electron chi connectivity index (χ1n) is 4.11. The summed E-state index contributed by atoms with van der Waals surface area (Å²) in [7, 11) is -3.89. The molecule has 0 aliphatic rings. The minimum Gasteiger partial charge on any atom is -0.207 e. The monoisotopic (exact) mass is 327 g/mol. The Morgan fingerprint density at radius 1 is 1.56 bits per heavy atom. The van der Waals surface area contributed by atoms with Crippen molar-refractivity contribution in [2.75, 3.05) is 6.54 Å². The predicted molar refractivity (Wildman–Crippen MR) is 64.3 cm³/mol. The van der Waals surface area contributed by atoms with Crippen molar-refractivity contribution in [3.05, 3.63) is 40.1 Å². The first-order valence-corrected chi connectivity index (χ1v) is 6.76. The number of halogens is 3. The molecule has 0 aliphatic heterocycles. The van der Waals surface area contributed by atoms with Crippen LogP contribution in [0.1, 0.15) is 0 Å². The van der Waals surface area contributed by atoms with Crippen molar-refractivity contribution in [2.45, 2.75) is 4.90 Å². The highest BCUT2D eigenvalue weighted by atomic mass is 79.9. The van der Waals surface area contributed by atoms with Crippen LogP contribution >= 0.6 is 27.5 Å². The van der Waals surface area contributed by atoms with Gasteiger partial charge in [-0.25, -0.2) is 17.5 Å². The summed E-state index contributed by atoms with van der Waals surface area (Å²) in [5.41, 5.74) is 0. The molecule has 3 nitrogen and oxygen atoms in total. The van der Waals surface area contributed by atoms with Crippen molar-refractivity contribution in [1.29, 1.82) is 0 Å². The second kappa shape index (κ2) is 5.27. The molecule has 0 aromatic heterocycles. The van der Waals surface area contributed by atoms with Crippen molar-refractivity contribution >= 4 is 37.6 Å². The van der Waals surface area contributed by atoms with Crippen LogP contribution in [0.3, 0.4) is 0 Å². The van der Waals surface area contributed by atoms with Crippen LogP contribution in [0.5, 0.6) is 0 Å². The summed E-state index contributed by atoms with van der Waals surface area (Å²) in [6.07, 6.45) is 0. The molecule has 0 atom stereocenters. The van der Waals surface area contributed by atoms with E-state index in [1.54, 1.807) is 0 Å². The van der Waals surface area contributed by atoms with E-state index in [2.05, 4.69) is 27.2 Å². The Labute approximate surface area is 106 Å². The van der Waals surface area contributed by atoms with E-state index in [0.717, 1.165) is 6.07 Å². The number of hydrogen-bond acceptors (Lipinski definition) is 2. The highest BCUT2D eigenvalue weighted by Crippen LogP contribution is 2.19. The summed E-state index contributed by atoms with van der Waals surface area (Å²) in [5.74, 6) is -0.831. The van der Waals surface area contributed by atoms with E-state index in [9.17, 15) is 12.8 Å². The van der Waals surface area contributed by atoms with Gasteiger partial charge in [-0.1, -0.05) is 34.1 Å². The Morgan fingerprint density at radius 3 is 2.69 bits per heavy atom. The first kappa shape index (κ1) is 13.6. The molecule has 1 aromatic rings. The van der Waals surface area contributed by atoms with E-state index in [0.29, 0.717) is 4.47 Å². The molecule has 1 N–H and O–H groups in total. The highest BCUT2D eigenvalue weighted by molar-refractivity contribution is 9.10. The van der Waals surface area contributed by atoms with Gasteiger partial charge in [-0.3, -0.25) is 0 Å². The smallest absolute Gasteiger partial charge is 0.207 e. The normalized spacial score (nSPS) is 11.4. The largest absolute Gasteiger partial charge is 0.243 e. The Hall–Kier alpha value is -0.430. The number of rotatable bonds is 4. The van der Waals surface area contributed by atoms with E-state index in [4.69, 9.17) is 11.6 Å². The summed E-state index contributed by atoms with van der Waals surface area (Å²) >= 11 is 8.45. The lowest BCUT2D eigenvalue weighted by molar-refractivity contribution is 0.559. The van der Waals surface area contributed by atoms with Gasteiger partial charge in [0.15, 0.2) is 0 Å². The van der Waals surface area contributed by atoms with Gasteiger partial charge in [-0.2, -0.15) is 0 Å². The Balaban J connectivity index is 3.03. The zero-order valence-electron chi connectivity index (χ0n) is 8.00. The Kier molecular flexibility index (Phi) is 4.49. The van der Waals surface area contributed by atoms with Gasteiger partial charge < -0.3 is 0 Å². The van der Waals surface area contributed by atoms with Crippen LogP contribution in [0, 0.1) is 5.82 Å². The Morgan fingerprint density at radius 2 is 2.19 bits per heavy atom. The third-order valence-corrected chi connectivity index (χ3v) is 3.70. The fraction of sp³-hybridized carbons (Fsp3) is 0.111. The van der Waals surface area contributed by atoms with E-state index in [-0.39, 0.29) is 11.6 Å². The van der Waals surface area contributed by atoms with Crippen LogP contribution in [0.4, 0.5) is 4.39 Å². The molecule has 0 saturated heterocycles. The van der Waals surface area contributed by atoms with E-state index < -0.39 is 20.7 Å². The zero-order valence-corrected chi connectivity index (χ0v) is 11.2. The molecular formula is C9H8BrClFNO2S. The van der Waals surface area contributed by atoms with Crippen LogP contribution in [0.25, 0.3) is 0 Å². The molecule has 0 unspecified atom stereocenters. The lowest BCUT2D eigenvalue weighted by atomic mass is 10.3. The zero-order chi connectivity index (χ0) is 12.3. The van der Waals surface area contributed by atoms with Crippen LogP contribution < -0.4 is 4.72 Å². The van der Waals surface area contributed by atoms with E-state index >= 15 is 0 Å². The van der Waals surface area contributed by atoms with Gasteiger partial charge in [0, 0.05) is 16.0 Å². The molecule has 0 radical (unpaired) electrons. The lowest BCUT2D eigenvalue weighted by Gasteiger charge is -2.06. The fourth-order valence-corrected chi connectivity index (χ4v) is 2.51. The average Bonchev–Trinajstić information content (AvgIpc) is 2.14. The molecular weight excluding hydrogens is 321 g/mol. The van der Waals surface area contributed by atoms with Gasteiger partial charge in [0.2, 0.25) is 10.0 Å². The summed E-state index contributed by atoms with van der Waals surface area (Å²) in [4.78, 5) is -0.423. The molecule has 0 aliphatic carbocycles. The summed E-state index contributed by atoms with van der Waals surface area (Å²) in [6.45, 7) is 3.19. The second-order valence-electron chi connectivity index (χ2n) is 2.92. The summed E-state index contributed by atoms with van der Waals surface area (Å²) in [6, 6.07) is 3.68. The van der Waals surface area contributed by atoms with Gasteiger partial charge in [0.25, 0.3) is 0 Å². The van der Waals surface area contributed by atoms with E-state index in [1.165, 1.54) is 12.1 Å². The van der Waals surface area contributed by atoms with Crippen LogP contribution in [-0.2, 0) is 10.0 Å². The number of benzene rings is 1. The summed E-state index contributed by atoms with van der Waals surface area (Å²) < 4.78 is 39.2. The molecule has 1 aromatic carbocycles. The molecule has 1 rings (SSSR count). The van der Waals surface area contributed by atoms with Crippen molar-refractivity contribution in [2.24, 2.45) is 0 Å². The standard InChI is InChI=1S/C9H8BrClFNO2S/c1-6(11)5-13-16(14,15)9-3-2-7(10)4-8(9)12/h2-4,13H,1,5H2. The van der Waals surface area contributed by atoms with Crippen LogP contribution in [0.15, 0.2) is 39.2 Å². The number of nitrogens with one attached hydrogen (secondary N) is 1. The van der Waals surface area contributed by atoms with Crippen molar-refractivity contribution in [1.82, 2.24) is 4.72 Å². The molecule has 0 heterocycles. The second-order valence-corrected chi connectivity index (χ2v) is 6.10. The lowest BCUT2D eigenvalue weighted by Crippen LogP contribution is -2.25. The number of sulfonamides is 1. The highest BCUT2D eigenvalue weighted by Gasteiger charge is 2.18. The number of hydrogen-bond donors (Lipinski definition) is 1. The molecule has 7 heteroatoms.